The van der Waals surface area contributed by atoms with Crippen molar-refractivity contribution in [1.29, 1.82) is 0 Å². The number of nitrogens with zero attached hydrogens (tertiary/aromatic N) is 2. The lowest BCUT2D eigenvalue weighted by molar-refractivity contribution is -0.142. The van der Waals surface area contributed by atoms with Gasteiger partial charge < -0.3 is 30.1 Å². The number of aromatic nitrogens is 1. The summed E-state index contributed by atoms with van der Waals surface area (Å²) in [5, 5.41) is 13.4. The van der Waals surface area contributed by atoms with Crippen LogP contribution in [0.3, 0.4) is 0 Å². The van der Waals surface area contributed by atoms with Gasteiger partial charge >= 0.3 is 18.2 Å². The molecule has 3 amide bonds. The van der Waals surface area contributed by atoms with Crippen LogP contribution in [0.1, 0.15) is 19.5 Å². The number of likely N-dealkylation sites (N-methyl/N-ethyl adjacent to an activating group) is 1. The van der Waals surface area contributed by atoms with Gasteiger partial charge in [0.1, 0.15) is 12.6 Å². The molecule has 1 aromatic rings. The van der Waals surface area contributed by atoms with Crippen LogP contribution in [0, 0.1) is 5.92 Å². The molecule has 1 aromatic heterocycles. The van der Waals surface area contributed by atoms with Gasteiger partial charge in [0.15, 0.2) is 0 Å². The number of aliphatic carboxylic acids is 1. The van der Waals surface area contributed by atoms with Gasteiger partial charge in [0.2, 0.25) is 12.7 Å². The Morgan fingerprint density at radius 2 is 1.93 bits per heavy atom. The molecule has 0 aliphatic carbocycles. The molecule has 1 heterocycles. The predicted molar refractivity (Wildman–Crippen MR) is 101 cm³/mol. The van der Waals surface area contributed by atoms with Gasteiger partial charge in [0, 0.05) is 31.9 Å². The lowest BCUT2D eigenvalue weighted by Gasteiger charge is -2.18. The third kappa shape index (κ3) is 9.40. The molecule has 0 fully saturated rings. The fourth-order valence-electron chi connectivity index (χ4n) is 2.10. The number of alkyl carbamates (subject to hydrolysis) is 1. The van der Waals surface area contributed by atoms with Crippen molar-refractivity contribution in [1.82, 2.24) is 20.5 Å². The number of amides is 3. The summed E-state index contributed by atoms with van der Waals surface area (Å²) in [4.78, 5) is 51.5. The molecule has 3 N–H and O–H groups in total. The zero-order chi connectivity index (χ0) is 21.8. The van der Waals surface area contributed by atoms with Crippen LogP contribution in [-0.4, -0.2) is 72.0 Å². The van der Waals surface area contributed by atoms with Crippen LogP contribution in [0.5, 0.6) is 0 Å². The van der Waals surface area contributed by atoms with Crippen molar-refractivity contribution in [2.24, 2.45) is 5.92 Å². The molecule has 0 spiro atoms. The van der Waals surface area contributed by atoms with Gasteiger partial charge in [-0.05, 0) is 18.1 Å². The van der Waals surface area contributed by atoms with E-state index in [9.17, 15) is 19.2 Å². The molecule has 0 bridgehead atoms. The Kier molecular flexibility index (Phi) is 9.92. The molecule has 0 saturated heterocycles. The summed E-state index contributed by atoms with van der Waals surface area (Å²) in [5.74, 6) is -2.18. The van der Waals surface area contributed by atoms with Crippen molar-refractivity contribution in [3.63, 3.8) is 0 Å². The maximum atomic E-state index is 11.8. The van der Waals surface area contributed by atoms with Gasteiger partial charge in [-0.15, -0.1) is 0 Å². The average Bonchev–Trinajstić information content (AvgIpc) is 2.68. The van der Waals surface area contributed by atoms with E-state index in [0.29, 0.717) is 13.0 Å². The lowest BCUT2D eigenvalue weighted by atomic mass is 10.1. The van der Waals surface area contributed by atoms with Gasteiger partial charge in [-0.3, -0.25) is 9.78 Å². The molecule has 0 radical (unpaired) electrons. The molecule has 0 saturated carbocycles. The Bertz CT molecular complexity index is 697. The standard InChI is InChI=1S/C18H26N4O7/c1-12(2)15(16(24)25)21-14(23)10-20-17(26)28-11-29-18(27)22(3)9-7-13-6-4-5-8-19-13/h4-6,8,12,15H,7,9-11H2,1-3H3,(H,20,26)(H,21,23)(H,24,25)/t15-/m0/s1. The molecule has 29 heavy (non-hydrogen) atoms. The number of nitrogens with one attached hydrogen (secondary N) is 2. The number of ether oxygens (including phenoxy) is 2. The van der Waals surface area contributed by atoms with Crippen molar-refractivity contribution in [3.05, 3.63) is 30.1 Å². The first-order valence-electron chi connectivity index (χ1n) is 8.91. The topological polar surface area (TPSA) is 147 Å². The maximum absolute atomic E-state index is 11.8. The van der Waals surface area contributed by atoms with Crippen molar-refractivity contribution < 1.29 is 33.8 Å². The largest absolute Gasteiger partial charge is 0.480 e. The van der Waals surface area contributed by atoms with Crippen LogP contribution in [0.4, 0.5) is 9.59 Å². The zero-order valence-corrected chi connectivity index (χ0v) is 16.6. The summed E-state index contributed by atoms with van der Waals surface area (Å²) >= 11 is 0. The minimum atomic E-state index is -1.17. The van der Waals surface area contributed by atoms with E-state index < -0.39 is 43.4 Å². The number of carboxylic acids is 1. The number of hydrogen-bond acceptors (Lipinski definition) is 7. The van der Waals surface area contributed by atoms with Gasteiger partial charge in [-0.25, -0.2) is 14.4 Å². The van der Waals surface area contributed by atoms with Crippen LogP contribution >= 0.6 is 0 Å². The average molecular weight is 410 g/mol. The number of pyridine rings is 1. The molecular weight excluding hydrogens is 384 g/mol. The Balaban J connectivity index is 2.22. The second kappa shape index (κ2) is 12.2. The number of hydrogen-bond donors (Lipinski definition) is 3. The van der Waals surface area contributed by atoms with Gasteiger partial charge in [-0.1, -0.05) is 19.9 Å². The molecule has 0 aliphatic heterocycles. The quantitative estimate of drug-likeness (QED) is 0.475. The Morgan fingerprint density at radius 1 is 1.21 bits per heavy atom. The Labute approximate surface area is 168 Å². The molecule has 1 rings (SSSR count). The minimum absolute atomic E-state index is 0.322. The summed E-state index contributed by atoms with van der Waals surface area (Å²) in [5.41, 5.74) is 0.823. The fraction of sp³-hybridized carbons (Fsp3) is 0.500. The maximum Gasteiger partial charge on any atom is 0.412 e. The molecule has 0 aromatic carbocycles. The Hall–Kier alpha value is -3.37. The highest BCUT2D eigenvalue weighted by Crippen LogP contribution is 2.01. The molecule has 11 heteroatoms. The van der Waals surface area contributed by atoms with E-state index in [0.717, 1.165) is 5.69 Å². The van der Waals surface area contributed by atoms with Crippen molar-refractivity contribution in [3.8, 4) is 0 Å². The highest BCUT2D eigenvalue weighted by atomic mass is 16.7. The van der Waals surface area contributed by atoms with Gasteiger partial charge in [0.25, 0.3) is 0 Å². The summed E-state index contributed by atoms with van der Waals surface area (Å²) < 4.78 is 9.45. The van der Waals surface area contributed by atoms with Gasteiger partial charge in [0.05, 0.1) is 0 Å². The first kappa shape index (κ1) is 23.7. The van der Waals surface area contributed by atoms with E-state index in [1.165, 1.54) is 11.9 Å². The monoisotopic (exact) mass is 410 g/mol. The van der Waals surface area contributed by atoms with Crippen LogP contribution < -0.4 is 10.6 Å². The molecular formula is C18H26N4O7. The number of carbonyl (C=O) groups is 4. The first-order valence-corrected chi connectivity index (χ1v) is 8.91. The van der Waals surface area contributed by atoms with E-state index in [4.69, 9.17) is 9.84 Å². The molecule has 160 valence electrons. The predicted octanol–water partition coefficient (Wildman–Crippen LogP) is 0.602. The smallest absolute Gasteiger partial charge is 0.412 e. The summed E-state index contributed by atoms with van der Waals surface area (Å²) in [7, 11) is 1.53. The van der Waals surface area contributed by atoms with Crippen molar-refractivity contribution in [2.45, 2.75) is 26.3 Å². The normalized spacial score (nSPS) is 11.3. The molecule has 1 atom stereocenters. The van der Waals surface area contributed by atoms with E-state index in [2.05, 4.69) is 20.4 Å². The SMILES string of the molecule is CC(C)[C@H](NC(=O)CNC(=O)OCOC(=O)N(C)CCc1ccccn1)C(=O)O. The highest BCUT2D eigenvalue weighted by Gasteiger charge is 2.23. The number of carboxylic acid groups (broad SMARTS) is 1. The summed E-state index contributed by atoms with van der Waals surface area (Å²) in [6, 6.07) is 4.41. The van der Waals surface area contributed by atoms with E-state index in [1.54, 1.807) is 26.1 Å². The van der Waals surface area contributed by atoms with Crippen molar-refractivity contribution in [2.75, 3.05) is 26.9 Å². The second-order valence-electron chi connectivity index (χ2n) is 6.43. The van der Waals surface area contributed by atoms with Crippen LogP contribution in [-0.2, 0) is 25.5 Å². The van der Waals surface area contributed by atoms with E-state index in [-0.39, 0.29) is 5.92 Å². The zero-order valence-electron chi connectivity index (χ0n) is 16.6. The minimum Gasteiger partial charge on any atom is -0.480 e. The van der Waals surface area contributed by atoms with Crippen LogP contribution in [0.2, 0.25) is 0 Å². The lowest BCUT2D eigenvalue weighted by Crippen LogP contribution is -2.48. The molecule has 0 aliphatic rings. The summed E-state index contributed by atoms with van der Waals surface area (Å²) in [6.45, 7) is 2.53. The summed E-state index contributed by atoms with van der Waals surface area (Å²) in [6.07, 6.45) is 0.523. The van der Waals surface area contributed by atoms with E-state index in [1.807, 2.05) is 12.1 Å². The van der Waals surface area contributed by atoms with Crippen LogP contribution in [0.25, 0.3) is 0 Å². The fourth-order valence-corrected chi connectivity index (χ4v) is 2.10. The Morgan fingerprint density at radius 3 is 2.52 bits per heavy atom. The van der Waals surface area contributed by atoms with Gasteiger partial charge in [-0.2, -0.15) is 0 Å². The highest BCUT2D eigenvalue weighted by molar-refractivity contribution is 5.86. The second-order valence-corrected chi connectivity index (χ2v) is 6.43. The number of rotatable bonds is 10. The third-order valence-corrected chi connectivity index (χ3v) is 3.76. The number of carbonyl (C=O) groups excluding carboxylic acids is 3. The molecule has 0 unspecified atom stereocenters. The first-order chi connectivity index (χ1) is 13.7. The third-order valence-electron chi connectivity index (χ3n) is 3.76. The van der Waals surface area contributed by atoms with E-state index >= 15 is 0 Å². The molecule has 11 nitrogen and oxygen atoms in total. The van der Waals surface area contributed by atoms with Crippen molar-refractivity contribution >= 4 is 24.1 Å². The van der Waals surface area contributed by atoms with Crippen LogP contribution in [0.15, 0.2) is 24.4 Å².